The van der Waals surface area contributed by atoms with Crippen molar-refractivity contribution in [2.24, 2.45) is 10.5 Å². The summed E-state index contributed by atoms with van der Waals surface area (Å²) in [6.07, 6.45) is 2.17. The van der Waals surface area contributed by atoms with Crippen LogP contribution in [0.2, 0.25) is 0 Å². The van der Waals surface area contributed by atoms with Crippen molar-refractivity contribution in [2.75, 3.05) is 0 Å². The van der Waals surface area contributed by atoms with Crippen molar-refractivity contribution in [3.8, 4) is 0 Å². The van der Waals surface area contributed by atoms with Crippen molar-refractivity contribution < 1.29 is 4.79 Å². The molecule has 26 heavy (non-hydrogen) atoms. The lowest BCUT2D eigenvalue weighted by Gasteiger charge is -2.33. The molecule has 0 bridgehead atoms. The summed E-state index contributed by atoms with van der Waals surface area (Å²) in [4.78, 5) is 13.1. The van der Waals surface area contributed by atoms with Crippen molar-refractivity contribution in [1.82, 2.24) is 5.43 Å². The van der Waals surface area contributed by atoms with Crippen LogP contribution in [0.5, 0.6) is 0 Å². The second kappa shape index (κ2) is 6.56. The van der Waals surface area contributed by atoms with Gasteiger partial charge < -0.3 is 0 Å². The van der Waals surface area contributed by atoms with E-state index in [-0.39, 0.29) is 17.1 Å². The molecule has 2 aliphatic rings. The second-order valence-corrected chi connectivity index (χ2v) is 8.04. The molecule has 3 heteroatoms. The number of Topliss-reactive ketones (excluding diaryl/α,β-unsaturated/α-hetero) is 1. The van der Waals surface area contributed by atoms with Gasteiger partial charge in [0.2, 0.25) is 0 Å². The fourth-order valence-electron chi connectivity index (χ4n) is 4.10. The van der Waals surface area contributed by atoms with E-state index in [9.17, 15) is 4.79 Å². The van der Waals surface area contributed by atoms with Crippen molar-refractivity contribution in [3.05, 3.63) is 83.1 Å². The van der Waals surface area contributed by atoms with Crippen LogP contribution < -0.4 is 5.43 Å². The van der Waals surface area contributed by atoms with E-state index in [2.05, 4.69) is 43.5 Å². The molecule has 0 amide bonds. The molecule has 1 N–H and O–H groups in total. The first-order valence-corrected chi connectivity index (χ1v) is 9.23. The van der Waals surface area contributed by atoms with Gasteiger partial charge in [-0.05, 0) is 23.0 Å². The minimum Gasteiger partial charge on any atom is -0.294 e. The molecule has 0 radical (unpaired) electrons. The third-order valence-electron chi connectivity index (χ3n) is 5.30. The lowest BCUT2D eigenvalue weighted by atomic mass is 9.71. The summed E-state index contributed by atoms with van der Waals surface area (Å²) in [5, 5.41) is 4.71. The van der Waals surface area contributed by atoms with Gasteiger partial charge in [-0.15, -0.1) is 0 Å². The molecule has 1 heterocycles. The third kappa shape index (κ3) is 3.22. The van der Waals surface area contributed by atoms with E-state index in [1.807, 2.05) is 36.4 Å². The van der Waals surface area contributed by atoms with E-state index < -0.39 is 0 Å². The van der Waals surface area contributed by atoms with E-state index in [4.69, 9.17) is 5.10 Å². The Morgan fingerprint density at radius 3 is 2.31 bits per heavy atom. The predicted octanol–water partition coefficient (Wildman–Crippen LogP) is 4.81. The van der Waals surface area contributed by atoms with Crippen molar-refractivity contribution in [2.45, 2.75) is 39.0 Å². The standard InChI is InChI=1S/C23H24N2O/c1-23(2)14-20-22(21(26)15-23)18(16-9-5-3-6-10-16)13-19(24-25-20)17-11-7-4-8-12-17/h3-12,18,25H,13-15H2,1-2H3/t18-/m0/s1. The maximum absolute atomic E-state index is 13.1. The molecular weight excluding hydrogens is 320 g/mol. The highest BCUT2D eigenvalue weighted by Crippen LogP contribution is 2.43. The van der Waals surface area contributed by atoms with Crippen LogP contribution in [0.1, 0.15) is 50.2 Å². The Morgan fingerprint density at radius 2 is 1.62 bits per heavy atom. The minimum absolute atomic E-state index is 0.0308. The number of carbonyl (C=O) groups excluding carboxylic acids is 1. The fourth-order valence-corrected chi connectivity index (χ4v) is 4.10. The summed E-state index contributed by atoms with van der Waals surface area (Å²) in [6, 6.07) is 20.6. The van der Waals surface area contributed by atoms with E-state index in [0.717, 1.165) is 35.4 Å². The van der Waals surface area contributed by atoms with E-state index in [0.29, 0.717) is 6.42 Å². The molecule has 2 aromatic rings. The number of hydrogen-bond acceptors (Lipinski definition) is 3. The lowest BCUT2D eigenvalue weighted by Crippen LogP contribution is -2.31. The summed E-state index contributed by atoms with van der Waals surface area (Å²) in [5.74, 6) is 0.297. The predicted molar refractivity (Wildman–Crippen MR) is 105 cm³/mol. The zero-order chi connectivity index (χ0) is 18.1. The lowest BCUT2D eigenvalue weighted by molar-refractivity contribution is -0.118. The summed E-state index contributed by atoms with van der Waals surface area (Å²) in [6.45, 7) is 4.31. The number of allylic oxidation sites excluding steroid dienone is 2. The fraction of sp³-hybridized carbons (Fsp3) is 0.304. The smallest absolute Gasteiger partial charge is 0.161 e. The number of nitrogens with one attached hydrogen (secondary N) is 1. The maximum atomic E-state index is 13.1. The van der Waals surface area contributed by atoms with Gasteiger partial charge in [0, 0.05) is 30.0 Å². The second-order valence-electron chi connectivity index (χ2n) is 8.04. The SMILES string of the molecule is CC1(C)CC(=O)C2=C(C1)NN=C(c1ccccc1)C[C@H]2c1ccccc1. The summed E-state index contributed by atoms with van der Waals surface area (Å²) in [5.41, 5.74) is 8.43. The molecule has 132 valence electrons. The first-order valence-electron chi connectivity index (χ1n) is 9.23. The Morgan fingerprint density at radius 1 is 0.962 bits per heavy atom. The topological polar surface area (TPSA) is 41.5 Å². The van der Waals surface area contributed by atoms with Crippen LogP contribution in [0.25, 0.3) is 0 Å². The van der Waals surface area contributed by atoms with Gasteiger partial charge in [0.05, 0.1) is 5.71 Å². The Hall–Kier alpha value is -2.68. The van der Waals surface area contributed by atoms with E-state index >= 15 is 0 Å². The van der Waals surface area contributed by atoms with Crippen molar-refractivity contribution >= 4 is 11.5 Å². The molecule has 0 saturated heterocycles. The molecule has 3 nitrogen and oxygen atoms in total. The van der Waals surface area contributed by atoms with Crippen LogP contribution in [-0.2, 0) is 4.79 Å². The molecule has 1 atom stereocenters. The average molecular weight is 344 g/mol. The molecule has 2 aromatic carbocycles. The van der Waals surface area contributed by atoms with Gasteiger partial charge in [0.25, 0.3) is 0 Å². The first kappa shape index (κ1) is 16.8. The summed E-state index contributed by atoms with van der Waals surface area (Å²) < 4.78 is 0. The van der Waals surface area contributed by atoms with E-state index in [1.54, 1.807) is 0 Å². The molecule has 1 aliphatic heterocycles. The zero-order valence-electron chi connectivity index (χ0n) is 15.3. The maximum Gasteiger partial charge on any atom is 0.161 e. The van der Waals surface area contributed by atoms with Crippen LogP contribution in [0.15, 0.2) is 77.0 Å². The van der Waals surface area contributed by atoms with Gasteiger partial charge >= 0.3 is 0 Å². The molecular formula is C23H24N2O. The molecule has 0 aromatic heterocycles. The molecule has 0 fully saturated rings. The molecule has 4 rings (SSSR count). The molecule has 0 unspecified atom stereocenters. The Kier molecular flexibility index (Phi) is 4.23. The molecule has 0 spiro atoms. The minimum atomic E-state index is -0.0308. The molecule has 0 saturated carbocycles. The van der Waals surface area contributed by atoms with Crippen LogP contribution in [0.3, 0.4) is 0 Å². The highest BCUT2D eigenvalue weighted by molar-refractivity contribution is 6.05. The monoisotopic (exact) mass is 344 g/mol. The van der Waals surface area contributed by atoms with Crippen LogP contribution in [0.4, 0.5) is 0 Å². The Bertz CT molecular complexity index is 879. The van der Waals surface area contributed by atoms with Gasteiger partial charge in [-0.3, -0.25) is 10.2 Å². The van der Waals surface area contributed by atoms with Crippen LogP contribution in [-0.4, -0.2) is 11.5 Å². The largest absolute Gasteiger partial charge is 0.294 e. The number of ketones is 1. The first-order chi connectivity index (χ1) is 12.5. The van der Waals surface area contributed by atoms with Gasteiger partial charge in [0.15, 0.2) is 5.78 Å². The number of carbonyl (C=O) groups is 1. The molecule has 1 aliphatic carbocycles. The highest BCUT2D eigenvalue weighted by atomic mass is 16.1. The van der Waals surface area contributed by atoms with Crippen LogP contribution >= 0.6 is 0 Å². The Labute approximate surface area is 154 Å². The number of nitrogens with zero attached hydrogens (tertiary/aromatic N) is 1. The third-order valence-corrected chi connectivity index (χ3v) is 5.30. The normalized spacial score (nSPS) is 22.2. The van der Waals surface area contributed by atoms with Gasteiger partial charge in [0.1, 0.15) is 0 Å². The summed E-state index contributed by atoms with van der Waals surface area (Å²) >= 11 is 0. The van der Waals surface area contributed by atoms with Crippen molar-refractivity contribution in [3.63, 3.8) is 0 Å². The average Bonchev–Trinajstić information content (AvgIpc) is 2.82. The van der Waals surface area contributed by atoms with Gasteiger partial charge in [-0.2, -0.15) is 5.10 Å². The van der Waals surface area contributed by atoms with Crippen LogP contribution in [0, 0.1) is 5.41 Å². The van der Waals surface area contributed by atoms with Crippen molar-refractivity contribution in [1.29, 1.82) is 0 Å². The van der Waals surface area contributed by atoms with Gasteiger partial charge in [-0.1, -0.05) is 74.5 Å². The highest BCUT2D eigenvalue weighted by Gasteiger charge is 2.38. The van der Waals surface area contributed by atoms with Gasteiger partial charge in [-0.25, -0.2) is 0 Å². The summed E-state index contributed by atoms with van der Waals surface area (Å²) in [7, 11) is 0. The number of hydrazone groups is 1. The number of benzene rings is 2. The quantitative estimate of drug-likeness (QED) is 0.849. The number of hydrogen-bond donors (Lipinski definition) is 1. The zero-order valence-corrected chi connectivity index (χ0v) is 15.3. The number of rotatable bonds is 2. The Balaban J connectivity index is 1.81. The van der Waals surface area contributed by atoms with E-state index in [1.165, 1.54) is 5.56 Å².